The van der Waals surface area contributed by atoms with Gasteiger partial charge in [-0.05, 0) is 142 Å². The topological polar surface area (TPSA) is 99.5 Å². The number of carboxylic acid groups (broad SMARTS) is 2. The molecule has 2 heterocycles. The van der Waals surface area contributed by atoms with Crippen LogP contribution in [0.2, 0.25) is 0 Å². The number of aliphatic carboxylic acids is 2. The lowest BCUT2D eigenvalue weighted by molar-refractivity contribution is -0.310. The summed E-state index contributed by atoms with van der Waals surface area (Å²) in [7, 11) is 0. The molecule has 0 saturated carbocycles. The second kappa shape index (κ2) is 20.5. The molecule has 4 aromatic rings. The van der Waals surface area contributed by atoms with E-state index in [4.69, 9.17) is 9.68 Å². The Morgan fingerprint density at radius 2 is 0.788 bits per heavy atom. The van der Waals surface area contributed by atoms with Crippen molar-refractivity contribution in [1.29, 1.82) is 0 Å². The largest absolute Gasteiger partial charge is 0.481 e. The van der Waals surface area contributed by atoms with E-state index in [1.54, 1.807) is 0 Å². The van der Waals surface area contributed by atoms with Crippen molar-refractivity contribution in [2.24, 2.45) is 17.3 Å². The maximum Gasteiger partial charge on any atom is 0.310 e. The zero-order valence-electron chi connectivity index (χ0n) is 41.8. The fourth-order valence-electron chi connectivity index (χ4n) is 12.7. The highest BCUT2D eigenvalue weighted by atomic mass is 16.7. The van der Waals surface area contributed by atoms with Gasteiger partial charge < -0.3 is 10.2 Å². The zero-order valence-corrected chi connectivity index (χ0v) is 41.8. The highest BCUT2D eigenvalue weighted by molar-refractivity contribution is 5.76. The van der Waals surface area contributed by atoms with Gasteiger partial charge in [0.25, 0.3) is 0 Å². The van der Waals surface area contributed by atoms with Gasteiger partial charge in [0.1, 0.15) is 0 Å². The monoisotopic (exact) mass is 901 g/mol. The molecular formula is C58H80N2O6. The van der Waals surface area contributed by atoms with Crippen LogP contribution in [0.25, 0.3) is 0 Å². The van der Waals surface area contributed by atoms with Gasteiger partial charge >= 0.3 is 11.9 Å². The third kappa shape index (κ3) is 11.0. The van der Waals surface area contributed by atoms with E-state index in [-0.39, 0.29) is 18.3 Å². The molecule has 2 N–H and O–H groups in total. The molecule has 0 unspecified atom stereocenters. The normalized spacial score (nSPS) is 19.4. The number of nitrogens with zero attached hydrogens (tertiary/aromatic N) is 2. The molecule has 66 heavy (non-hydrogen) atoms. The Morgan fingerprint density at radius 1 is 0.500 bits per heavy atom. The lowest BCUT2D eigenvalue weighted by atomic mass is 9.52. The number of carbonyl (C=O) groups is 2. The second-order valence-corrected chi connectivity index (χ2v) is 22.7. The predicted octanol–water partition coefficient (Wildman–Crippen LogP) is 13.3. The molecule has 8 heteroatoms. The number of hydrogen-bond donors (Lipinski definition) is 2. The van der Waals surface area contributed by atoms with Crippen molar-refractivity contribution in [2.75, 3.05) is 13.2 Å². The molecule has 8 nitrogen and oxygen atoms in total. The Bertz CT molecular complexity index is 1920. The molecule has 2 fully saturated rings. The molecule has 2 aliphatic heterocycles. The van der Waals surface area contributed by atoms with Crippen LogP contribution in [0, 0.1) is 17.3 Å². The van der Waals surface area contributed by atoms with E-state index < -0.39 is 50.3 Å². The van der Waals surface area contributed by atoms with Gasteiger partial charge in [-0.2, -0.15) is 10.1 Å². The maximum absolute atomic E-state index is 14.7. The quantitative estimate of drug-likeness (QED) is 0.0798. The Labute approximate surface area is 397 Å². The van der Waals surface area contributed by atoms with E-state index in [2.05, 4.69) is 176 Å². The van der Waals surface area contributed by atoms with Gasteiger partial charge in [-0.15, -0.1) is 0 Å². The fourth-order valence-corrected chi connectivity index (χ4v) is 12.7. The average Bonchev–Trinajstić information content (AvgIpc) is 3.26. The van der Waals surface area contributed by atoms with E-state index in [0.717, 1.165) is 25.7 Å². The van der Waals surface area contributed by atoms with Crippen molar-refractivity contribution >= 4 is 11.9 Å². The van der Waals surface area contributed by atoms with Crippen LogP contribution >= 0.6 is 0 Å². The van der Waals surface area contributed by atoms with Gasteiger partial charge in [0.15, 0.2) is 0 Å². The number of hydrogen-bond acceptors (Lipinski definition) is 6. The van der Waals surface area contributed by atoms with E-state index in [1.807, 2.05) is 24.3 Å². The molecule has 0 bridgehead atoms. The van der Waals surface area contributed by atoms with Crippen LogP contribution in [-0.4, -0.2) is 67.6 Å². The lowest BCUT2D eigenvalue weighted by Crippen LogP contribution is -2.67. The molecule has 2 saturated heterocycles. The molecule has 6 rings (SSSR count). The van der Waals surface area contributed by atoms with Crippen molar-refractivity contribution < 1.29 is 29.5 Å². The van der Waals surface area contributed by atoms with Crippen molar-refractivity contribution in [2.45, 2.75) is 173 Å². The molecular weight excluding hydrogens is 821 g/mol. The summed E-state index contributed by atoms with van der Waals surface area (Å²) < 4.78 is 0. The molecule has 0 amide bonds. The van der Waals surface area contributed by atoms with Crippen LogP contribution in [0.3, 0.4) is 0 Å². The summed E-state index contributed by atoms with van der Waals surface area (Å²) in [6.45, 7) is 23.3. The van der Waals surface area contributed by atoms with E-state index in [1.165, 1.54) is 22.3 Å². The molecule has 0 aromatic heterocycles. The molecule has 0 atom stereocenters. The molecule has 0 spiro atoms. The predicted molar refractivity (Wildman–Crippen MR) is 266 cm³/mol. The van der Waals surface area contributed by atoms with Crippen LogP contribution in [0.1, 0.15) is 162 Å². The zero-order chi connectivity index (χ0) is 48.0. The highest BCUT2D eigenvalue weighted by Crippen LogP contribution is 2.59. The SMILES string of the molecule is CC(CON1C(C)(C)CC(C(CCCCCCCC(=O)O)(C(=O)O)C2CC(C)(C)N(OCC(C)(c3ccccc3)c3ccccc3)C(C)(C)C2)CC1(C)C)(c1ccccc1)c1ccccc1. The maximum atomic E-state index is 14.7. The van der Waals surface area contributed by atoms with Gasteiger partial charge in [-0.1, -0.05) is 147 Å². The molecule has 358 valence electrons. The first-order chi connectivity index (χ1) is 31.1. The van der Waals surface area contributed by atoms with Crippen molar-refractivity contribution in [3.63, 3.8) is 0 Å². The Balaban J connectivity index is 1.31. The smallest absolute Gasteiger partial charge is 0.310 e. The summed E-state index contributed by atoms with van der Waals surface area (Å²) in [5, 5.41) is 25.7. The standard InChI is InChI=1S/C58H80N2O6/c1-52(2)38-48(39-53(3,4)59(52)65-42-56(9,44-28-18-14-19-29-44)45-30-20-15-21-31-45)58(51(63)64,37-27-13-11-12-26-36-50(61)62)49-40-54(5,6)60(55(7,8)41-49)66-43-57(10,46-32-22-16-23-33-46)47-34-24-17-25-35-47/h14-25,28-35,48-49H,11-13,26-27,36-43H2,1-10H3,(H,61,62)(H,63,64). The first-order valence-electron chi connectivity index (χ1n) is 24.6. The van der Waals surface area contributed by atoms with Crippen molar-refractivity contribution in [3.05, 3.63) is 144 Å². The number of unbranched alkanes of at least 4 members (excludes halogenated alkanes) is 4. The van der Waals surface area contributed by atoms with Gasteiger partial charge in [-0.25, -0.2) is 0 Å². The lowest BCUT2D eigenvalue weighted by Gasteiger charge is -2.61. The molecule has 0 aliphatic carbocycles. The summed E-state index contributed by atoms with van der Waals surface area (Å²) in [5.74, 6) is -1.74. The third-order valence-electron chi connectivity index (χ3n) is 15.6. The first-order valence-corrected chi connectivity index (χ1v) is 24.6. The minimum absolute atomic E-state index is 0.134. The number of piperidine rings is 2. The summed E-state index contributed by atoms with van der Waals surface area (Å²) in [5.41, 5.74) is 0.881. The first kappa shape index (κ1) is 51.1. The van der Waals surface area contributed by atoms with Crippen molar-refractivity contribution in [1.82, 2.24) is 10.1 Å². The van der Waals surface area contributed by atoms with Crippen LogP contribution < -0.4 is 0 Å². The van der Waals surface area contributed by atoms with Crippen molar-refractivity contribution in [3.8, 4) is 0 Å². The molecule has 0 radical (unpaired) electrons. The number of benzene rings is 4. The van der Waals surface area contributed by atoms with Crippen LogP contribution in [0.4, 0.5) is 0 Å². The number of rotatable bonds is 21. The summed E-state index contributed by atoms with van der Waals surface area (Å²) in [6, 6.07) is 42.3. The second-order valence-electron chi connectivity index (χ2n) is 22.7. The number of carboxylic acids is 2. The van der Waals surface area contributed by atoms with Crippen LogP contribution in [0.15, 0.2) is 121 Å². The molecule has 2 aliphatic rings. The van der Waals surface area contributed by atoms with Gasteiger partial charge in [0.2, 0.25) is 0 Å². The third-order valence-corrected chi connectivity index (χ3v) is 15.6. The summed E-state index contributed by atoms with van der Waals surface area (Å²) >= 11 is 0. The Morgan fingerprint density at radius 3 is 1.08 bits per heavy atom. The minimum atomic E-state index is -1.02. The highest BCUT2D eigenvalue weighted by Gasteiger charge is 2.62. The van der Waals surface area contributed by atoms with E-state index in [0.29, 0.717) is 51.7 Å². The Kier molecular flexibility index (Phi) is 15.8. The van der Waals surface area contributed by atoms with Gasteiger partial charge in [0.05, 0.1) is 18.6 Å². The van der Waals surface area contributed by atoms with Gasteiger partial charge in [0, 0.05) is 39.4 Å². The fraction of sp³-hybridized carbons (Fsp3) is 0.552. The van der Waals surface area contributed by atoms with E-state index in [9.17, 15) is 19.8 Å². The average molecular weight is 901 g/mol. The summed E-state index contributed by atoms with van der Waals surface area (Å²) in [4.78, 5) is 40.2. The number of hydroxylamine groups is 4. The van der Waals surface area contributed by atoms with Crippen LogP contribution in [0.5, 0.6) is 0 Å². The summed E-state index contributed by atoms with van der Waals surface area (Å²) in [6.07, 6.45) is 7.39. The Hall–Kier alpha value is -4.34. The minimum Gasteiger partial charge on any atom is -0.481 e. The van der Waals surface area contributed by atoms with E-state index >= 15 is 0 Å². The van der Waals surface area contributed by atoms with Crippen LogP contribution in [-0.2, 0) is 30.1 Å². The molecule has 4 aromatic carbocycles. The van der Waals surface area contributed by atoms with Gasteiger partial charge in [-0.3, -0.25) is 19.3 Å².